The van der Waals surface area contributed by atoms with Crippen LogP contribution in [0.3, 0.4) is 0 Å². The molecule has 0 spiro atoms. The molecule has 5 nitrogen and oxygen atoms in total. The Balaban J connectivity index is 1.64. The van der Waals surface area contributed by atoms with E-state index >= 15 is 0 Å². The van der Waals surface area contributed by atoms with Gasteiger partial charge in [-0.05, 0) is 48.1 Å². The van der Waals surface area contributed by atoms with Crippen molar-refractivity contribution in [1.29, 1.82) is 0 Å². The highest BCUT2D eigenvalue weighted by molar-refractivity contribution is 5.42. The molecule has 0 unspecified atom stereocenters. The minimum absolute atomic E-state index is 0.00543. The Kier molecular flexibility index (Phi) is 8.46. The van der Waals surface area contributed by atoms with Gasteiger partial charge in [-0.2, -0.15) is 0 Å². The lowest BCUT2D eigenvalue weighted by Gasteiger charge is -2.22. The van der Waals surface area contributed by atoms with Crippen LogP contribution in [-0.2, 0) is 11.2 Å². The second-order valence-electron chi connectivity index (χ2n) is 7.87. The molecule has 1 aliphatic rings. The second-order valence-corrected chi connectivity index (χ2v) is 7.87. The van der Waals surface area contributed by atoms with Gasteiger partial charge in [-0.3, -0.25) is 0 Å². The van der Waals surface area contributed by atoms with Gasteiger partial charge in [0.25, 0.3) is 0 Å². The Labute approximate surface area is 179 Å². The van der Waals surface area contributed by atoms with Crippen molar-refractivity contribution in [2.24, 2.45) is 5.73 Å². The average molecular weight is 411 g/mol. The molecular formula is C25H34N2O3. The predicted octanol–water partition coefficient (Wildman–Crippen LogP) is 3.68. The van der Waals surface area contributed by atoms with E-state index in [1.807, 2.05) is 36.4 Å². The summed E-state index contributed by atoms with van der Waals surface area (Å²) in [7, 11) is 0. The lowest BCUT2D eigenvalue weighted by Crippen LogP contribution is -2.43. The minimum Gasteiger partial charge on any atom is -0.494 e. The highest BCUT2D eigenvalue weighted by Gasteiger charge is 2.32. The molecule has 162 valence electrons. The maximum absolute atomic E-state index is 10.6. The summed E-state index contributed by atoms with van der Waals surface area (Å²) in [5.41, 5.74) is 9.72. The van der Waals surface area contributed by atoms with Gasteiger partial charge in [-0.25, -0.2) is 0 Å². The molecule has 30 heavy (non-hydrogen) atoms. The van der Waals surface area contributed by atoms with Gasteiger partial charge in [0.2, 0.25) is 0 Å². The first-order valence-electron chi connectivity index (χ1n) is 10.8. The van der Waals surface area contributed by atoms with Crippen LogP contribution in [0.5, 0.6) is 5.75 Å². The third-order valence-electron chi connectivity index (χ3n) is 5.50. The molecule has 4 N–H and O–H groups in total. The van der Waals surface area contributed by atoms with Gasteiger partial charge in [-0.1, -0.05) is 49.4 Å². The number of aliphatic hydroxyl groups is 1. The molecule has 0 bridgehead atoms. The van der Waals surface area contributed by atoms with E-state index in [0.717, 1.165) is 24.2 Å². The van der Waals surface area contributed by atoms with Crippen molar-refractivity contribution >= 4 is 0 Å². The molecule has 0 heterocycles. The van der Waals surface area contributed by atoms with Crippen LogP contribution in [0.1, 0.15) is 48.6 Å². The number of fused-ring (bicyclic) bond motifs is 1. The van der Waals surface area contributed by atoms with Crippen molar-refractivity contribution < 1.29 is 14.6 Å². The maximum Gasteiger partial charge on any atom is 0.119 e. The highest BCUT2D eigenvalue weighted by Crippen LogP contribution is 2.42. The summed E-state index contributed by atoms with van der Waals surface area (Å²) in [6.45, 7) is 7.47. The van der Waals surface area contributed by atoms with Crippen LogP contribution in [0.25, 0.3) is 0 Å². The summed E-state index contributed by atoms with van der Waals surface area (Å²) >= 11 is 0. The van der Waals surface area contributed by atoms with Crippen molar-refractivity contribution in [2.45, 2.75) is 50.5 Å². The Morgan fingerprint density at radius 3 is 2.77 bits per heavy atom. The molecule has 3 rings (SSSR count). The van der Waals surface area contributed by atoms with Crippen molar-refractivity contribution in [3.63, 3.8) is 0 Å². The first kappa shape index (κ1) is 22.5. The minimum atomic E-state index is -0.638. The number of rotatable bonds is 12. The van der Waals surface area contributed by atoms with Crippen molar-refractivity contribution in [1.82, 2.24) is 5.32 Å². The van der Waals surface area contributed by atoms with E-state index in [-0.39, 0.29) is 18.2 Å². The number of benzene rings is 2. The Morgan fingerprint density at radius 1 is 1.23 bits per heavy atom. The van der Waals surface area contributed by atoms with E-state index in [2.05, 4.69) is 31.0 Å². The SMILES string of the molecule is C=CCO[C@@H]1C[C@H](NC[C@@H](O)[C@@H](N)Cc2ccccc2)c2cc(OCCC)ccc21. The van der Waals surface area contributed by atoms with E-state index in [4.69, 9.17) is 15.2 Å². The molecule has 2 aromatic carbocycles. The number of hydrogen-bond donors (Lipinski definition) is 3. The molecule has 0 aromatic heterocycles. The van der Waals surface area contributed by atoms with Crippen LogP contribution in [0.4, 0.5) is 0 Å². The molecule has 0 fully saturated rings. The fourth-order valence-electron chi connectivity index (χ4n) is 3.90. The summed E-state index contributed by atoms with van der Waals surface area (Å²) in [5, 5.41) is 14.1. The monoisotopic (exact) mass is 410 g/mol. The summed E-state index contributed by atoms with van der Waals surface area (Å²) in [4.78, 5) is 0. The third-order valence-corrected chi connectivity index (χ3v) is 5.50. The van der Waals surface area contributed by atoms with E-state index in [1.165, 1.54) is 11.1 Å². The van der Waals surface area contributed by atoms with Gasteiger partial charge >= 0.3 is 0 Å². The van der Waals surface area contributed by atoms with Crippen molar-refractivity contribution in [3.05, 3.63) is 77.9 Å². The molecule has 0 saturated heterocycles. The Hall–Kier alpha value is -2.18. The summed E-state index contributed by atoms with van der Waals surface area (Å²) < 4.78 is 11.8. The summed E-state index contributed by atoms with van der Waals surface area (Å²) in [6, 6.07) is 16.0. The fourth-order valence-corrected chi connectivity index (χ4v) is 3.90. The molecule has 0 radical (unpaired) electrons. The molecule has 1 aliphatic carbocycles. The first-order chi connectivity index (χ1) is 14.6. The molecular weight excluding hydrogens is 376 g/mol. The van der Waals surface area contributed by atoms with Crippen molar-refractivity contribution in [3.8, 4) is 5.75 Å². The standard InChI is InChI=1S/C25H34N2O3/c1-3-12-29-19-10-11-20-21(15-19)23(16-25(20)30-13-4-2)27-17-24(28)22(26)14-18-8-6-5-7-9-18/h4-11,15,22-25,27-28H,2-3,12-14,16-17,26H2,1H3/t22-,23-,24+,25+/m0/s1. The van der Waals surface area contributed by atoms with E-state index < -0.39 is 6.10 Å². The third kappa shape index (κ3) is 5.92. The predicted molar refractivity (Wildman–Crippen MR) is 121 cm³/mol. The van der Waals surface area contributed by atoms with Crippen LogP contribution < -0.4 is 15.8 Å². The van der Waals surface area contributed by atoms with Crippen molar-refractivity contribution in [2.75, 3.05) is 19.8 Å². The number of nitrogens with one attached hydrogen (secondary N) is 1. The largest absolute Gasteiger partial charge is 0.494 e. The molecule has 0 aliphatic heterocycles. The Bertz CT molecular complexity index is 796. The second kappa shape index (κ2) is 11.3. The normalized spacial score (nSPS) is 19.8. The van der Waals surface area contributed by atoms with E-state index in [1.54, 1.807) is 6.08 Å². The zero-order chi connectivity index (χ0) is 21.3. The first-order valence-corrected chi connectivity index (χ1v) is 10.8. The van der Waals surface area contributed by atoms with Crippen LogP contribution in [0, 0.1) is 0 Å². The zero-order valence-corrected chi connectivity index (χ0v) is 17.8. The van der Waals surface area contributed by atoms with E-state index in [9.17, 15) is 5.11 Å². The lowest BCUT2D eigenvalue weighted by atomic mass is 10.0. The average Bonchev–Trinajstić information content (AvgIpc) is 3.12. The molecule has 0 saturated carbocycles. The zero-order valence-electron chi connectivity index (χ0n) is 17.8. The highest BCUT2D eigenvalue weighted by atomic mass is 16.5. The van der Waals surface area contributed by atoms with Gasteiger partial charge in [0.05, 0.1) is 25.4 Å². The van der Waals surface area contributed by atoms with Crippen LogP contribution >= 0.6 is 0 Å². The Morgan fingerprint density at radius 2 is 2.03 bits per heavy atom. The maximum atomic E-state index is 10.6. The fraction of sp³-hybridized carbons (Fsp3) is 0.440. The van der Waals surface area contributed by atoms with Crippen LogP contribution in [-0.4, -0.2) is 37.0 Å². The topological polar surface area (TPSA) is 76.7 Å². The molecule has 5 heteroatoms. The quantitative estimate of drug-likeness (QED) is 0.465. The van der Waals surface area contributed by atoms with E-state index in [0.29, 0.717) is 26.2 Å². The number of nitrogens with two attached hydrogens (primary N) is 1. The number of aliphatic hydroxyl groups excluding tert-OH is 1. The molecule has 2 aromatic rings. The van der Waals surface area contributed by atoms with Gasteiger partial charge in [0.1, 0.15) is 5.75 Å². The van der Waals surface area contributed by atoms with Crippen LogP contribution in [0.15, 0.2) is 61.2 Å². The molecule has 0 amide bonds. The number of ether oxygens (including phenoxy) is 2. The van der Waals surface area contributed by atoms with Gasteiger partial charge < -0.3 is 25.6 Å². The smallest absolute Gasteiger partial charge is 0.119 e. The van der Waals surface area contributed by atoms with Gasteiger partial charge in [0, 0.05) is 18.6 Å². The number of hydrogen-bond acceptors (Lipinski definition) is 5. The summed E-state index contributed by atoms with van der Waals surface area (Å²) in [6.07, 6.45) is 3.56. The molecule has 4 atom stereocenters. The van der Waals surface area contributed by atoms with Crippen LogP contribution in [0.2, 0.25) is 0 Å². The summed E-state index contributed by atoms with van der Waals surface area (Å²) in [5.74, 6) is 0.869. The lowest BCUT2D eigenvalue weighted by molar-refractivity contribution is 0.0678. The van der Waals surface area contributed by atoms with Gasteiger partial charge in [-0.15, -0.1) is 6.58 Å². The van der Waals surface area contributed by atoms with Gasteiger partial charge in [0.15, 0.2) is 0 Å².